The first-order chi connectivity index (χ1) is 5.76. The molecular formula is C8H16O4. The smallest absolute Gasteiger partial charge is 0.122 e. The van der Waals surface area contributed by atoms with Crippen molar-refractivity contribution in [1.82, 2.24) is 0 Å². The second-order valence-corrected chi connectivity index (χ2v) is 2.75. The van der Waals surface area contributed by atoms with Crippen molar-refractivity contribution in [2.45, 2.75) is 25.4 Å². The fraction of sp³-hybridized carbons (Fsp3) is 0.875. The van der Waals surface area contributed by atoms with Crippen molar-refractivity contribution < 1.29 is 20.1 Å². The van der Waals surface area contributed by atoms with Crippen LogP contribution in [-0.2, 0) is 4.79 Å². The van der Waals surface area contributed by atoms with E-state index < -0.39 is 6.10 Å². The lowest BCUT2D eigenvalue weighted by Crippen LogP contribution is -2.23. The van der Waals surface area contributed by atoms with Gasteiger partial charge < -0.3 is 20.1 Å². The summed E-state index contributed by atoms with van der Waals surface area (Å²) in [5, 5.41) is 26.5. The van der Waals surface area contributed by atoms with Crippen LogP contribution in [0.3, 0.4) is 0 Å². The van der Waals surface area contributed by atoms with Gasteiger partial charge in [0.25, 0.3) is 0 Å². The molecule has 3 N–H and O–H groups in total. The number of hydrogen-bond acceptors (Lipinski definition) is 4. The molecule has 0 aliphatic carbocycles. The summed E-state index contributed by atoms with van der Waals surface area (Å²) in [6.45, 7) is -0.0544. The maximum atomic E-state index is 10.0. The van der Waals surface area contributed by atoms with Crippen molar-refractivity contribution in [3.8, 4) is 0 Å². The van der Waals surface area contributed by atoms with E-state index >= 15 is 0 Å². The van der Waals surface area contributed by atoms with Gasteiger partial charge in [-0.1, -0.05) is 0 Å². The Labute approximate surface area is 71.8 Å². The number of aliphatic hydroxyl groups is 3. The molecule has 0 aliphatic rings. The Morgan fingerprint density at radius 2 is 1.67 bits per heavy atom. The summed E-state index contributed by atoms with van der Waals surface area (Å²) in [5.74, 6) is -0.176. The molecule has 0 saturated heterocycles. The van der Waals surface area contributed by atoms with Gasteiger partial charge in [0.1, 0.15) is 6.29 Å². The third-order valence-electron chi connectivity index (χ3n) is 1.88. The largest absolute Gasteiger partial charge is 0.396 e. The molecule has 1 atom stereocenters. The average Bonchev–Trinajstić information content (AvgIpc) is 2.04. The summed E-state index contributed by atoms with van der Waals surface area (Å²) in [4.78, 5) is 10.0. The van der Waals surface area contributed by atoms with E-state index in [4.69, 9.17) is 10.2 Å². The Balaban J connectivity index is 3.80. The highest BCUT2D eigenvalue weighted by atomic mass is 16.3. The van der Waals surface area contributed by atoms with Gasteiger partial charge in [0.15, 0.2) is 0 Å². The molecular weight excluding hydrogens is 160 g/mol. The molecule has 0 bridgehead atoms. The average molecular weight is 176 g/mol. The van der Waals surface area contributed by atoms with Crippen LogP contribution < -0.4 is 0 Å². The monoisotopic (exact) mass is 176 g/mol. The van der Waals surface area contributed by atoms with Gasteiger partial charge in [-0.2, -0.15) is 0 Å². The molecule has 0 rings (SSSR count). The summed E-state index contributed by atoms with van der Waals surface area (Å²) < 4.78 is 0. The Morgan fingerprint density at radius 1 is 1.17 bits per heavy atom. The van der Waals surface area contributed by atoms with E-state index in [2.05, 4.69) is 0 Å². The van der Waals surface area contributed by atoms with Crippen LogP contribution in [-0.4, -0.2) is 40.9 Å². The molecule has 4 nitrogen and oxygen atoms in total. The van der Waals surface area contributed by atoms with Gasteiger partial charge in [0.05, 0.1) is 6.10 Å². The van der Waals surface area contributed by atoms with Crippen LogP contribution in [0.25, 0.3) is 0 Å². The second-order valence-electron chi connectivity index (χ2n) is 2.75. The normalized spacial score (nSPS) is 13.3. The predicted molar refractivity (Wildman–Crippen MR) is 43.6 cm³/mol. The standard InChI is InChI=1S/C8H16O4/c9-4-1-7(2-5-10)8(12)3-6-11/h6-10,12H,1-5H2. The molecule has 0 aromatic rings. The Morgan fingerprint density at radius 3 is 2.00 bits per heavy atom. The van der Waals surface area contributed by atoms with Gasteiger partial charge in [-0.25, -0.2) is 0 Å². The van der Waals surface area contributed by atoms with E-state index in [1.165, 1.54) is 0 Å². The first-order valence-electron chi connectivity index (χ1n) is 4.09. The summed E-state index contributed by atoms with van der Waals surface area (Å²) in [7, 11) is 0. The third kappa shape index (κ3) is 4.43. The number of hydrogen-bond donors (Lipinski definition) is 3. The number of rotatable bonds is 7. The van der Waals surface area contributed by atoms with Crippen molar-refractivity contribution in [2.24, 2.45) is 5.92 Å². The predicted octanol–water partition coefficient (Wildman–Crippen LogP) is -0.683. The van der Waals surface area contributed by atoms with Gasteiger partial charge >= 0.3 is 0 Å². The molecule has 0 fully saturated rings. The fourth-order valence-electron chi connectivity index (χ4n) is 1.15. The van der Waals surface area contributed by atoms with Gasteiger partial charge in [-0.3, -0.25) is 0 Å². The lowest BCUT2D eigenvalue weighted by Gasteiger charge is -2.19. The zero-order valence-corrected chi connectivity index (χ0v) is 7.02. The number of aliphatic hydroxyl groups excluding tert-OH is 3. The van der Waals surface area contributed by atoms with Gasteiger partial charge in [0.2, 0.25) is 0 Å². The van der Waals surface area contributed by atoms with Crippen molar-refractivity contribution in [1.29, 1.82) is 0 Å². The van der Waals surface area contributed by atoms with Crippen LogP contribution in [0, 0.1) is 5.92 Å². The highest BCUT2D eigenvalue weighted by Gasteiger charge is 2.17. The first-order valence-corrected chi connectivity index (χ1v) is 4.09. The Hall–Kier alpha value is -0.450. The fourth-order valence-corrected chi connectivity index (χ4v) is 1.15. The molecule has 12 heavy (non-hydrogen) atoms. The van der Waals surface area contributed by atoms with Gasteiger partial charge in [0, 0.05) is 19.6 Å². The van der Waals surface area contributed by atoms with Crippen molar-refractivity contribution in [2.75, 3.05) is 13.2 Å². The van der Waals surface area contributed by atoms with E-state index in [1.54, 1.807) is 0 Å². The maximum absolute atomic E-state index is 10.0. The zero-order valence-electron chi connectivity index (χ0n) is 7.02. The molecule has 0 radical (unpaired) electrons. The first kappa shape index (κ1) is 11.6. The quantitative estimate of drug-likeness (QED) is 0.449. The lowest BCUT2D eigenvalue weighted by molar-refractivity contribution is -0.110. The van der Waals surface area contributed by atoms with E-state index in [0.29, 0.717) is 19.1 Å². The number of aldehydes is 1. The van der Waals surface area contributed by atoms with E-state index in [1.807, 2.05) is 0 Å². The van der Waals surface area contributed by atoms with Crippen molar-refractivity contribution in [3.05, 3.63) is 0 Å². The summed E-state index contributed by atoms with van der Waals surface area (Å²) in [6, 6.07) is 0. The highest BCUT2D eigenvalue weighted by Crippen LogP contribution is 2.14. The second kappa shape index (κ2) is 7.21. The van der Waals surface area contributed by atoms with Crippen LogP contribution in [0.5, 0.6) is 0 Å². The van der Waals surface area contributed by atoms with Crippen LogP contribution >= 0.6 is 0 Å². The van der Waals surface area contributed by atoms with Crippen molar-refractivity contribution in [3.63, 3.8) is 0 Å². The van der Waals surface area contributed by atoms with Crippen LogP contribution in [0.15, 0.2) is 0 Å². The number of carbonyl (C=O) groups is 1. The van der Waals surface area contributed by atoms with Crippen molar-refractivity contribution >= 4 is 6.29 Å². The lowest BCUT2D eigenvalue weighted by atomic mass is 9.94. The third-order valence-corrected chi connectivity index (χ3v) is 1.88. The molecule has 0 amide bonds. The Kier molecular flexibility index (Phi) is 6.94. The van der Waals surface area contributed by atoms with Gasteiger partial charge in [-0.15, -0.1) is 0 Å². The molecule has 4 heteroatoms. The minimum absolute atomic E-state index is 0.0272. The van der Waals surface area contributed by atoms with Crippen LogP contribution in [0.2, 0.25) is 0 Å². The topological polar surface area (TPSA) is 77.8 Å². The zero-order chi connectivity index (χ0) is 9.40. The summed E-state index contributed by atoms with van der Waals surface area (Å²) in [5.41, 5.74) is 0. The van der Waals surface area contributed by atoms with E-state index in [0.717, 1.165) is 0 Å². The summed E-state index contributed by atoms with van der Waals surface area (Å²) >= 11 is 0. The maximum Gasteiger partial charge on any atom is 0.122 e. The molecule has 1 unspecified atom stereocenters. The minimum atomic E-state index is -0.734. The SMILES string of the molecule is O=CCC(O)C(CCO)CCO. The van der Waals surface area contributed by atoms with E-state index in [-0.39, 0.29) is 25.6 Å². The molecule has 0 heterocycles. The molecule has 0 saturated carbocycles. The molecule has 0 aliphatic heterocycles. The minimum Gasteiger partial charge on any atom is -0.396 e. The Bertz CT molecular complexity index is 110. The molecule has 0 aromatic heterocycles. The van der Waals surface area contributed by atoms with E-state index in [9.17, 15) is 9.90 Å². The molecule has 72 valence electrons. The molecule has 0 aromatic carbocycles. The van der Waals surface area contributed by atoms with Crippen LogP contribution in [0.1, 0.15) is 19.3 Å². The van der Waals surface area contributed by atoms with Crippen LogP contribution in [0.4, 0.5) is 0 Å². The summed E-state index contributed by atoms with van der Waals surface area (Å²) in [6.07, 6.45) is 0.837. The highest BCUT2D eigenvalue weighted by molar-refractivity contribution is 5.50. The van der Waals surface area contributed by atoms with Gasteiger partial charge in [-0.05, 0) is 18.8 Å². The number of carbonyl (C=O) groups excluding carboxylic acids is 1. The molecule has 0 spiro atoms.